The highest BCUT2D eigenvalue weighted by Crippen LogP contribution is 2.17. The summed E-state index contributed by atoms with van der Waals surface area (Å²) in [4.78, 5) is 13.2. The molecule has 2 rings (SSSR count). The van der Waals surface area contributed by atoms with Crippen LogP contribution in [0.5, 0.6) is 0 Å². The second-order valence-electron chi connectivity index (χ2n) is 3.98. The van der Waals surface area contributed by atoms with E-state index in [0.717, 1.165) is 0 Å². The van der Waals surface area contributed by atoms with Crippen LogP contribution in [0.2, 0.25) is 0 Å². The van der Waals surface area contributed by atoms with Crippen LogP contribution in [0, 0.1) is 6.92 Å². The SMILES string of the molecule is Cc1ccccc1CN1C(=O)OCC1C. The summed E-state index contributed by atoms with van der Waals surface area (Å²) in [5.41, 5.74) is 2.40. The molecule has 1 unspecified atom stereocenters. The number of carbonyl (C=O) groups is 1. The Morgan fingerprint density at radius 2 is 2.20 bits per heavy atom. The molecule has 80 valence electrons. The van der Waals surface area contributed by atoms with Gasteiger partial charge in [-0.25, -0.2) is 4.79 Å². The first-order chi connectivity index (χ1) is 7.18. The fourth-order valence-electron chi connectivity index (χ4n) is 1.74. The lowest BCUT2D eigenvalue weighted by Crippen LogP contribution is -2.30. The van der Waals surface area contributed by atoms with Crippen LogP contribution < -0.4 is 0 Å². The summed E-state index contributed by atoms with van der Waals surface area (Å²) in [5, 5.41) is 0. The van der Waals surface area contributed by atoms with E-state index in [-0.39, 0.29) is 12.1 Å². The molecule has 1 heterocycles. The summed E-state index contributed by atoms with van der Waals surface area (Å²) < 4.78 is 4.98. The van der Waals surface area contributed by atoms with Gasteiger partial charge in [0.2, 0.25) is 0 Å². The highest BCUT2D eigenvalue weighted by Gasteiger charge is 2.29. The molecule has 3 nitrogen and oxygen atoms in total. The molecule has 1 aliphatic heterocycles. The third-order valence-corrected chi connectivity index (χ3v) is 2.82. The quantitative estimate of drug-likeness (QED) is 0.741. The van der Waals surface area contributed by atoms with Gasteiger partial charge in [-0.2, -0.15) is 0 Å². The van der Waals surface area contributed by atoms with Gasteiger partial charge in [-0.05, 0) is 25.0 Å². The number of ether oxygens (including phenoxy) is 1. The zero-order valence-corrected chi connectivity index (χ0v) is 9.06. The molecule has 0 bridgehead atoms. The van der Waals surface area contributed by atoms with Crippen molar-refractivity contribution in [2.45, 2.75) is 26.4 Å². The molecule has 0 saturated carbocycles. The van der Waals surface area contributed by atoms with Gasteiger partial charge in [-0.15, -0.1) is 0 Å². The minimum atomic E-state index is -0.203. The van der Waals surface area contributed by atoms with Gasteiger partial charge in [-0.1, -0.05) is 24.3 Å². The maximum Gasteiger partial charge on any atom is 0.410 e. The smallest absolute Gasteiger partial charge is 0.410 e. The van der Waals surface area contributed by atoms with Crippen molar-refractivity contribution in [1.82, 2.24) is 4.90 Å². The van der Waals surface area contributed by atoms with Crippen molar-refractivity contribution >= 4 is 6.09 Å². The first-order valence-electron chi connectivity index (χ1n) is 5.16. The van der Waals surface area contributed by atoms with Gasteiger partial charge >= 0.3 is 6.09 Å². The number of hydrogen-bond donors (Lipinski definition) is 0. The molecular weight excluding hydrogens is 190 g/mol. The first-order valence-corrected chi connectivity index (χ1v) is 5.16. The van der Waals surface area contributed by atoms with Gasteiger partial charge < -0.3 is 4.74 Å². The summed E-state index contributed by atoms with van der Waals surface area (Å²) >= 11 is 0. The summed E-state index contributed by atoms with van der Waals surface area (Å²) in [5.74, 6) is 0. The standard InChI is InChI=1S/C12H15NO2/c1-9-5-3-4-6-11(9)7-13-10(2)8-15-12(13)14/h3-6,10H,7-8H2,1-2H3. The van der Waals surface area contributed by atoms with E-state index in [2.05, 4.69) is 13.0 Å². The van der Waals surface area contributed by atoms with Crippen LogP contribution in [-0.2, 0) is 11.3 Å². The Balaban J connectivity index is 2.15. The number of nitrogens with zero attached hydrogens (tertiary/aromatic N) is 1. The molecule has 1 aromatic carbocycles. The van der Waals surface area contributed by atoms with E-state index in [1.165, 1.54) is 11.1 Å². The topological polar surface area (TPSA) is 29.5 Å². The van der Waals surface area contributed by atoms with E-state index in [9.17, 15) is 4.79 Å². The van der Waals surface area contributed by atoms with Crippen LogP contribution in [-0.4, -0.2) is 23.6 Å². The second-order valence-corrected chi connectivity index (χ2v) is 3.98. The van der Waals surface area contributed by atoms with Crippen LogP contribution in [0.4, 0.5) is 4.79 Å². The average Bonchev–Trinajstić information content (AvgIpc) is 2.53. The van der Waals surface area contributed by atoms with Gasteiger partial charge in [-0.3, -0.25) is 4.90 Å². The largest absolute Gasteiger partial charge is 0.447 e. The molecular formula is C12H15NO2. The Morgan fingerprint density at radius 1 is 1.47 bits per heavy atom. The summed E-state index contributed by atoms with van der Waals surface area (Å²) in [6, 6.07) is 8.28. The molecule has 3 heteroatoms. The lowest BCUT2D eigenvalue weighted by Gasteiger charge is -2.18. The summed E-state index contributed by atoms with van der Waals surface area (Å²) in [6.07, 6.45) is -0.203. The number of carbonyl (C=O) groups excluding carboxylic acids is 1. The third-order valence-electron chi connectivity index (χ3n) is 2.82. The molecule has 1 aliphatic rings. The molecule has 1 atom stereocenters. The number of hydrogen-bond acceptors (Lipinski definition) is 2. The zero-order chi connectivity index (χ0) is 10.8. The monoisotopic (exact) mass is 205 g/mol. The molecule has 15 heavy (non-hydrogen) atoms. The minimum Gasteiger partial charge on any atom is -0.447 e. The van der Waals surface area contributed by atoms with E-state index < -0.39 is 0 Å². The van der Waals surface area contributed by atoms with E-state index >= 15 is 0 Å². The second kappa shape index (κ2) is 3.93. The van der Waals surface area contributed by atoms with Crippen molar-refractivity contribution in [3.05, 3.63) is 35.4 Å². The van der Waals surface area contributed by atoms with Crippen molar-refractivity contribution < 1.29 is 9.53 Å². The molecule has 0 radical (unpaired) electrons. The predicted octanol–water partition coefficient (Wildman–Crippen LogP) is 2.34. The zero-order valence-electron chi connectivity index (χ0n) is 9.06. The molecule has 0 spiro atoms. The molecule has 0 aromatic heterocycles. The maximum atomic E-state index is 11.4. The van der Waals surface area contributed by atoms with E-state index in [1.807, 2.05) is 25.1 Å². The summed E-state index contributed by atoms with van der Waals surface area (Å²) in [6.45, 7) is 5.21. The van der Waals surface area contributed by atoms with E-state index in [1.54, 1.807) is 4.90 Å². The number of rotatable bonds is 2. The maximum absolute atomic E-state index is 11.4. The van der Waals surface area contributed by atoms with Crippen molar-refractivity contribution in [3.63, 3.8) is 0 Å². The van der Waals surface area contributed by atoms with E-state index in [0.29, 0.717) is 13.2 Å². The molecule has 1 fully saturated rings. The van der Waals surface area contributed by atoms with Gasteiger partial charge in [0, 0.05) is 6.54 Å². The normalized spacial score (nSPS) is 20.5. The molecule has 0 N–H and O–H groups in total. The Labute approximate surface area is 89.7 Å². The van der Waals surface area contributed by atoms with Gasteiger partial charge in [0.05, 0.1) is 6.04 Å². The minimum absolute atomic E-state index is 0.178. The van der Waals surface area contributed by atoms with Gasteiger partial charge in [0.15, 0.2) is 0 Å². The van der Waals surface area contributed by atoms with Crippen LogP contribution in [0.1, 0.15) is 18.1 Å². The average molecular weight is 205 g/mol. The van der Waals surface area contributed by atoms with Crippen molar-refractivity contribution in [2.24, 2.45) is 0 Å². The van der Waals surface area contributed by atoms with Crippen molar-refractivity contribution in [1.29, 1.82) is 0 Å². The Bertz CT molecular complexity index is 376. The van der Waals surface area contributed by atoms with Crippen LogP contribution in [0.15, 0.2) is 24.3 Å². The highest BCUT2D eigenvalue weighted by atomic mass is 16.6. The third kappa shape index (κ3) is 1.96. The fraction of sp³-hybridized carbons (Fsp3) is 0.417. The Morgan fingerprint density at radius 3 is 2.80 bits per heavy atom. The lowest BCUT2D eigenvalue weighted by molar-refractivity contribution is 0.156. The van der Waals surface area contributed by atoms with Crippen molar-refractivity contribution in [3.8, 4) is 0 Å². The van der Waals surface area contributed by atoms with E-state index in [4.69, 9.17) is 4.74 Å². The van der Waals surface area contributed by atoms with Gasteiger partial charge in [0.1, 0.15) is 6.61 Å². The summed E-state index contributed by atoms with van der Waals surface area (Å²) in [7, 11) is 0. The molecule has 1 amide bonds. The van der Waals surface area contributed by atoms with Crippen LogP contribution in [0.25, 0.3) is 0 Å². The number of amides is 1. The highest BCUT2D eigenvalue weighted by molar-refractivity contribution is 5.70. The van der Waals surface area contributed by atoms with Gasteiger partial charge in [0.25, 0.3) is 0 Å². The Hall–Kier alpha value is -1.51. The lowest BCUT2D eigenvalue weighted by atomic mass is 10.1. The number of benzene rings is 1. The van der Waals surface area contributed by atoms with Crippen molar-refractivity contribution in [2.75, 3.05) is 6.61 Å². The number of aryl methyl sites for hydroxylation is 1. The fourth-order valence-corrected chi connectivity index (χ4v) is 1.74. The Kier molecular flexibility index (Phi) is 2.62. The van der Waals surface area contributed by atoms with Crippen LogP contribution in [0.3, 0.4) is 0 Å². The predicted molar refractivity (Wildman–Crippen MR) is 57.5 cm³/mol. The first kappa shape index (κ1) is 10.0. The molecule has 0 aliphatic carbocycles. The number of cyclic esters (lactones) is 1. The van der Waals surface area contributed by atoms with Crippen LogP contribution >= 0.6 is 0 Å². The molecule has 1 aromatic rings. The molecule has 1 saturated heterocycles.